The van der Waals surface area contributed by atoms with Gasteiger partial charge in [0.2, 0.25) is 15.9 Å². The Balaban J connectivity index is 1.23. The molecule has 2 N–H and O–H groups in total. The van der Waals surface area contributed by atoms with E-state index in [-0.39, 0.29) is 49.2 Å². The van der Waals surface area contributed by atoms with Crippen molar-refractivity contribution in [3.8, 4) is 11.6 Å². The Morgan fingerprint density at radius 1 is 1.15 bits per heavy atom. The number of carbonyl (C=O) groups excluding carboxylic acids is 1. The maximum Gasteiger partial charge on any atom is 0.335 e. The van der Waals surface area contributed by atoms with Crippen LogP contribution in [0.5, 0.6) is 11.6 Å². The number of hydrogen-bond acceptors (Lipinski definition) is 13. The molecule has 0 spiro atoms. The van der Waals surface area contributed by atoms with Gasteiger partial charge in [0, 0.05) is 89.1 Å². The lowest BCUT2D eigenvalue weighted by molar-refractivity contribution is -0.0736. The number of piperazine rings is 1. The smallest absolute Gasteiger partial charge is 0.335 e. The number of sulfonamides is 1. The maximum absolute atomic E-state index is 17.7. The summed E-state index contributed by atoms with van der Waals surface area (Å²) in [6.07, 6.45) is 4.86. The number of aryl methyl sites for hydroxylation is 2. The minimum Gasteiger partial charge on any atom is -0.494 e. The highest BCUT2D eigenvalue weighted by Gasteiger charge is 2.48. The molecule has 16 nitrogen and oxygen atoms in total. The maximum atomic E-state index is 17.7. The minimum absolute atomic E-state index is 0.0105. The van der Waals surface area contributed by atoms with E-state index in [4.69, 9.17) is 35.3 Å². The number of rotatable bonds is 18. The van der Waals surface area contributed by atoms with E-state index in [1.165, 1.54) is 37.2 Å². The SMILES string of the molecule is CCCc1cc(Cl)ccc1[C@]1(C)COc2ccc(C(=O)O)cc2N(CC2=C(C(CN3CCN4CCOC[C@@H]4C3)(OC)/C(F)=C/C[C@H](C)CS(=O)(=O)NC(=O)c3cn(C)nc3OC)OCC2)C1. The van der Waals surface area contributed by atoms with Crippen LogP contribution in [0.3, 0.4) is 0 Å². The molecule has 2 saturated heterocycles. The highest BCUT2D eigenvalue weighted by Crippen LogP contribution is 2.44. The Labute approximate surface area is 391 Å². The van der Waals surface area contributed by atoms with Crippen molar-refractivity contribution in [2.24, 2.45) is 13.0 Å². The summed E-state index contributed by atoms with van der Waals surface area (Å²) in [5.41, 5.74) is 1.25. The van der Waals surface area contributed by atoms with Crippen LogP contribution >= 0.6 is 11.6 Å². The fourth-order valence-electron chi connectivity index (χ4n) is 9.72. The van der Waals surface area contributed by atoms with Crippen LogP contribution in [-0.4, -0.2) is 149 Å². The number of carboxylic acid groups (broad SMARTS) is 1. The lowest BCUT2D eigenvalue weighted by Gasteiger charge is -2.46. The molecule has 5 heterocycles. The number of nitrogens with one attached hydrogen (secondary N) is 1. The zero-order chi connectivity index (χ0) is 47.4. The van der Waals surface area contributed by atoms with E-state index in [1.54, 1.807) is 26.1 Å². The van der Waals surface area contributed by atoms with Crippen LogP contribution in [0.25, 0.3) is 0 Å². The number of nitrogens with zero attached hydrogens (tertiary/aromatic N) is 5. The average Bonchev–Trinajstić information content (AvgIpc) is 3.88. The summed E-state index contributed by atoms with van der Waals surface area (Å²) in [5, 5.41) is 14.8. The largest absolute Gasteiger partial charge is 0.494 e. The number of methoxy groups -OCH3 is 2. The molecule has 1 amide bonds. The van der Waals surface area contributed by atoms with E-state index in [9.17, 15) is 23.1 Å². The second-order valence-corrected chi connectivity index (χ2v) is 20.3. The van der Waals surface area contributed by atoms with Crippen LogP contribution in [0.4, 0.5) is 10.1 Å². The lowest BCUT2D eigenvalue weighted by Crippen LogP contribution is -2.60. The molecule has 66 heavy (non-hydrogen) atoms. The number of ether oxygens (including phenoxy) is 5. The molecule has 2 aromatic carbocycles. The van der Waals surface area contributed by atoms with E-state index in [0.29, 0.717) is 68.1 Å². The van der Waals surface area contributed by atoms with Gasteiger partial charge in [-0.05, 0) is 71.9 Å². The molecule has 360 valence electrons. The first-order chi connectivity index (χ1) is 31.5. The Morgan fingerprint density at radius 3 is 2.70 bits per heavy atom. The van der Waals surface area contributed by atoms with Crippen molar-refractivity contribution in [3.05, 3.63) is 93.1 Å². The van der Waals surface area contributed by atoms with E-state index < -0.39 is 50.4 Å². The van der Waals surface area contributed by atoms with Crippen LogP contribution in [0.2, 0.25) is 5.02 Å². The highest BCUT2D eigenvalue weighted by molar-refractivity contribution is 7.90. The predicted molar refractivity (Wildman–Crippen MR) is 248 cm³/mol. The second-order valence-electron chi connectivity index (χ2n) is 18.1. The average molecular weight is 958 g/mol. The van der Waals surface area contributed by atoms with Gasteiger partial charge < -0.3 is 33.7 Å². The Kier molecular flexibility index (Phi) is 15.4. The van der Waals surface area contributed by atoms with Gasteiger partial charge in [0.1, 0.15) is 22.9 Å². The van der Waals surface area contributed by atoms with Gasteiger partial charge in [-0.15, -0.1) is 5.10 Å². The molecule has 4 aliphatic rings. The second kappa shape index (κ2) is 20.7. The van der Waals surface area contributed by atoms with Crippen LogP contribution < -0.4 is 19.1 Å². The van der Waals surface area contributed by atoms with Crippen molar-refractivity contribution in [2.75, 3.05) is 97.1 Å². The molecule has 7 rings (SSSR count). The van der Waals surface area contributed by atoms with Crippen molar-refractivity contribution < 1.29 is 51.2 Å². The molecular weight excluding hydrogens is 895 g/mol. The van der Waals surface area contributed by atoms with Gasteiger partial charge in [-0.2, -0.15) is 0 Å². The van der Waals surface area contributed by atoms with Gasteiger partial charge in [-0.3, -0.25) is 19.3 Å². The topological polar surface area (TPSA) is 174 Å². The molecule has 0 aliphatic carbocycles. The first-order valence-electron chi connectivity index (χ1n) is 22.4. The van der Waals surface area contributed by atoms with Gasteiger partial charge in [-0.25, -0.2) is 22.3 Å². The fraction of sp³-hybridized carbons (Fsp3) is 0.553. The Morgan fingerprint density at radius 2 is 1.95 bits per heavy atom. The number of aromatic carboxylic acids is 1. The zero-order valence-corrected chi connectivity index (χ0v) is 40.2. The summed E-state index contributed by atoms with van der Waals surface area (Å²) >= 11 is 6.53. The Hall–Kier alpha value is -4.72. The summed E-state index contributed by atoms with van der Waals surface area (Å²) < 4.78 is 78.0. The number of benzene rings is 2. The molecule has 0 saturated carbocycles. The van der Waals surface area contributed by atoms with Crippen molar-refractivity contribution in [3.63, 3.8) is 0 Å². The van der Waals surface area contributed by atoms with Crippen molar-refractivity contribution in [1.82, 2.24) is 24.3 Å². The number of carboxylic acids is 1. The molecule has 1 aromatic heterocycles. The van der Waals surface area contributed by atoms with Crippen molar-refractivity contribution in [1.29, 1.82) is 0 Å². The van der Waals surface area contributed by atoms with Crippen LogP contribution in [-0.2, 0) is 43.1 Å². The monoisotopic (exact) mass is 956 g/mol. The number of halogens is 2. The third kappa shape index (κ3) is 10.8. The number of fused-ring (bicyclic) bond motifs is 2. The summed E-state index contributed by atoms with van der Waals surface area (Å²) in [5.74, 6) is -2.89. The van der Waals surface area contributed by atoms with E-state index in [2.05, 4.69) is 38.4 Å². The molecular formula is C47H62ClFN6O10S. The van der Waals surface area contributed by atoms with Crippen molar-refractivity contribution in [2.45, 2.75) is 63.5 Å². The van der Waals surface area contributed by atoms with E-state index >= 15 is 4.39 Å². The summed E-state index contributed by atoms with van der Waals surface area (Å²) in [7, 11) is 0.193. The van der Waals surface area contributed by atoms with E-state index in [0.717, 1.165) is 42.6 Å². The molecule has 0 radical (unpaired) electrons. The number of morpholine rings is 1. The number of hydrogen-bond donors (Lipinski definition) is 2. The summed E-state index contributed by atoms with van der Waals surface area (Å²) in [4.78, 5) is 32.0. The first kappa shape index (κ1) is 49.2. The first-order valence-corrected chi connectivity index (χ1v) is 24.5. The molecule has 1 unspecified atom stereocenters. The minimum atomic E-state index is -4.17. The quantitative estimate of drug-likeness (QED) is 0.161. The predicted octanol–water partition coefficient (Wildman–Crippen LogP) is 5.60. The third-order valence-corrected chi connectivity index (χ3v) is 14.7. The number of amides is 1. The van der Waals surface area contributed by atoms with Crippen molar-refractivity contribution >= 4 is 39.2 Å². The highest BCUT2D eigenvalue weighted by atomic mass is 35.5. The van der Waals surface area contributed by atoms with Gasteiger partial charge in [-0.1, -0.05) is 44.9 Å². The van der Waals surface area contributed by atoms with Crippen LogP contribution in [0.1, 0.15) is 71.9 Å². The number of aromatic nitrogens is 2. The van der Waals surface area contributed by atoms with Gasteiger partial charge in [0.25, 0.3) is 5.91 Å². The van der Waals surface area contributed by atoms with Crippen LogP contribution in [0, 0.1) is 5.92 Å². The molecule has 4 atom stereocenters. The standard InChI is InChI=1S/C47H62ClFN6O10S/c1-7-8-32-21-35(48)11-12-38(32)46(3)28-55(39-22-33(45(57)58)10-13-40(39)65-30-46)23-34-15-19-64-42(34)47(62-6,29-53-16-17-54-18-20-63-26-36(54)24-53)41(49)14-9-31(2)27-66(59,60)51-43(56)37-25-52(4)50-44(37)61-5/h10-14,21-22,25,31,36H,7-9,15-20,23-24,26-30H2,1-6H3,(H,51,56)(H,57,58)/b41-14-/t31-,36-,46-,47?/m0/s1. The fourth-order valence-corrected chi connectivity index (χ4v) is 11.3. The summed E-state index contributed by atoms with van der Waals surface area (Å²) in [6, 6.07) is 10.9. The molecule has 3 aromatic rings. The molecule has 19 heteroatoms. The normalized spacial score (nSPS) is 22.1. The molecule has 4 aliphatic heterocycles. The van der Waals surface area contributed by atoms with E-state index in [1.807, 2.05) is 18.2 Å². The number of carbonyl (C=O) groups is 2. The number of anilines is 1. The zero-order valence-electron chi connectivity index (χ0n) is 38.6. The van der Waals surface area contributed by atoms with Gasteiger partial charge >= 0.3 is 5.97 Å². The van der Waals surface area contributed by atoms with Crippen LogP contribution in [0.15, 0.2) is 65.8 Å². The van der Waals surface area contributed by atoms with Gasteiger partial charge in [0.15, 0.2) is 5.60 Å². The van der Waals surface area contributed by atoms with Gasteiger partial charge in [0.05, 0.1) is 50.5 Å². The summed E-state index contributed by atoms with van der Waals surface area (Å²) in [6.45, 7) is 11.2. The third-order valence-electron chi connectivity index (χ3n) is 13.0. The lowest BCUT2D eigenvalue weighted by atomic mass is 9.79. The Bertz CT molecular complexity index is 2450. The molecule has 2 fully saturated rings. The number of allylic oxidation sites excluding steroid dienone is 1. The molecule has 0 bridgehead atoms.